The molecule has 0 unspecified atom stereocenters. The number of primary amides is 1. The molecule has 110 valence electrons. The Labute approximate surface area is 122 Å². The average molecular weight is 286 g/mol. The Morgan fingerprint density at radius 2 is 2.00 bits per heavy atom. The quantitative estimate of drug-likeness (QED) is 0.627. The fourth-order valence-corrected chi connectivity index (χ4v) is 1.86. The minimum absolute atomic E-state index is 0.0557. The number of amides is 1. The summed E-state index contributed by atoms with van der Waals surface area (Å²) in [5.41, 5.74) is 19.9. The van der Waals surface area contributed by atoms with E-state index in [9.17, 15) is 4.79 Å². The summed E-state index contributed by atoms with van der Waals surface area (Å²) in [6.45, 7) is 3.78. The van der Waals surface area contributed by atoms with Crippen molar-refractivity contribution in [1.29, 1.82) is 0 Å². The van der Waals surface area contributed by atoms with E-state index in [4.69, 9.17) is 17.2 Å². The molecule has 0 saturated carbocycles. The van der Waals surface area contributed by atoms with Gasteiger partial charge in [-0.15, -0.1) is 0 Å². The van der Waals surface area contributed by atoms with Gasteiger partial charge < -0.3 is 22.5 Å². The number of carbonyl (C=O) groups is 1. The van der Waals surface area contributed by atoms with Gasteiger partial charge in [-0.05, 0) is 31.0 Å². The molecular weight excluding hydrogens is 268 g/mol. The van der Waals surface area contributed by atoms with Crippen LogP contribution < -0.4 is 22.5 Å². The van der Waals surface area contributed by atoms with Crippen LogP contribution in [0, 0.1) is 6.92 Å². The van der Waals surface area contributed by atoms with E-state index in [1.54, 1.807) is 6.07 Å². The van der Waals surface area contributed by atoms with Gasteiger partial charge in [0.05, 0.1) is 5.69 Å². The van der Waals surface area contributed by atoms with Crippen molar-refractivity contribution < 1.29 is 4.79 Å². The van der Waals surface area contributed by atoms with Crippen LogP contribution in [0.2, 0.25) is 0 Å². The number of carbonyl (C=O) groups excluding carboxylic acids is 1. The molecular formula is C14H18N6O. The number of hydrogen-bond donors (Lipinski definition) is 4. The molecule has 7 N–H and O–H groups in total. The zero-order valence-corrected chi connectivity index (χ0v) is 12.0. The third-order valence-electron chi connectivity index (χ3n) is 3.11. The van der Waals surface area contributed by atoms with Gasteiger partial charge >= 0.3 is 0 Å². The molecule has 21 heavy (non-hydrogen) atoms. The van der Waals surface area contributed by atoms with Gasteiger partial charge in [-0.25, -0.2) is 9.97 Å². The third kappa shape index (κ3) is 3.02. The molecule has 0 aliphatic carbocycles. The number of rotatable bonds is 4. The molecule has 0 saturated heterocycles. The largest absolute Gasteiger partial charge is 0.398 e. The molecule has 0 aliphatic heterocycles. The predicted octanol–water partition coefficient (Wildman–Crippen LogP) is 1.35. The van der Waals surface area contributed by atoms with Gasteiger partial charge in [-0.2, -0.15) is 0 Å². The zero-order chi connectivity index (χ0) is 15.6. The number of aromatic nitrogens is 2. The number of hydrogen-bond acceptors (Lipinski definition) is 6. The maximum Gasteiger partial charge on any atom is 0.271 e. The van der Waals surface area contributed by atoms with Crippen LogP contribution in [0.1, 0.15) is 28.7 Å². The summed E-state index contributed by atoms with van der Waals surface area (Å²) >= 11 is 0. The first-order chi connectivity index (χ1) is 9.92. The van der Waals surface area contributed by atoms with Gasteiger partial charge in [0, 0.05) is 11.4 Å². The summed E-state index contributed by atoms with van der Waals surface area (Å²) in [5.74, 6) is -0.176. The van der Waals surface area contributed by atoms with Gasteiger partial charge in [0.2, 0.25) is 0 Å². The lowest BCUT2D eigenvalue weighted by molar-refractivity contribution is 0.0996. The summed E-state index contributed by atoms with van der Waals surface area (Å²) < 4.78 is 0. The second kappa shape index (κ2) is 5.66. The highest BCUT2D eigenvalue weighted by molar-refractivity contribution is 5.96. The molecule has 2 aromatic rings. The topological polar surface area (TPSA) is 133 Å². The van der Waals surface area contributed by atoms with Crippen molar-refractivity contribution in [2.24, 2.45) is 5.73 Å². The maximum absolute atomic E-state index is 11.5. The standard InChI is InChI=1S/C14H18N6O/c1-3-10-12(16)20-14(11(19-10)13(17)21)18-8-5-4-7(2)9(15)6-8/h4-6H,3,15H2,1-2H3,(H2,17,21)(H3,16,18,20). The number of nitrogens with two attached hydrogens (primary N) is 3. The van der Waals surface area contributed by atoms with Crippen LogP contribution in [0.5, 0.6) is 0 Å². The van der Waals surface area contributed by atoms with Gasteiger partial charge in [0.25, 0.3) is 5.91 Å². The minimum atomic E-state index is -0.667. The summed E-state index contributed by atoms with van der Waals surface area (Å²) in [7, 11) is 0. The van der Waals surface area contributed by atoms with Crippen molar-refractivity contribution in [2.75, 3.05) is 16.8 Å². The Morgan fingerprint density at radius 3 is 2.57 bits per heavy atom. The number of benzene rings is 1. The highest BCUT2D eigenvalue weighted by atomic mass is 16.1. The molecule has 7 heteroatoms. The fourth-order valence-electron chi connectivity index (χ4n) is 1.86. The van der Waals surface area contributed by atoms with Crippen LogP contribution in [0.4, 0.5) is 23.0 Å². The zero-order valence-electron chi connectivity index (χ0n) is 12.0. The average Bonchev–Trinajstić information content (AvgIpc) is 2.43. The Hall–Kier alpha value is -2.83. The van der Waals surface area contributed by atoms with Crippen molar-refractivity contribution in [3.8, 4) is 0 Å². The highest BCUT2D eigenvalue weighted by Crippen LogP contribution is 2.23. The Morgan fingerprint density at radius 1 is 1.29 bits per heavy atom. The van der Waals surface area contributed by atoms with Gasteiger partial charge in [-0.3, -0.25) is 4.79 Å². The third-order valence-corrected chi connectivity index (χ3v) is 3.11. The Bertz CT molecular complexity index is 698. The van der Waals surface area contributed by atoms with Gasteiger partial charge in [0.1, 0.15) is 5.82 Å². The molecule has 1 amide bonds. The second-order valence-corrected chi connectivity index (χ2v) is 4.67. The molecule has 1 aromatic heterocycles. The monoisotopic (exact) mass is 286 g/mol. The lowest BCUT2D eigenvalue weighted by Crippen LogP contribution is -2.19. The Kier molecular flexibility index (Phi) is 3.93. The van der Waals surface area contributed by atoms with Gasteiger partial charge in [0.15, 0.2) is 11.5 Å². The van der Waals surface area contributed by atoms with Crippen molar-refractivity contribution in [3.63, 3.8) is 0 Å². The molecule has 2 rings (SSSR count). The normalized spacial score (nSPS) is 10.4. The first-order valence-corrected chi connectivity index (χ1v) is 6.51. The highest BCUT2D eigenvalue weighted by Gasteiger charge is 2.15. The second-order valence-electron chi connectivity index (χ2n) is 4.67. The maximum atomic E-state index is 11.5. The molecule has 0 spiro atoms. The Balaban J connectivity index is 2.45. The summed E-state index contributed by atoms with van der Waals surface area (Å²) in [6, 6.07) is 5.42. The van der Waals surface area contributed by atoms with E-state index in [0.717, 1.165) is 5.56 Å². The van der Waals surface area contributed by atoms with Crippen molar-refractivity contribution >= 4 is 28.9 Å². The van der Waals surface area contributed by atoms with Crippen LogP contribution >= 0.6 is 0 Å². The summed E-state index contributed by atoms with van der Waals surface area (Å²) in [6.07, 6.45) is 0.566. The molecule has 0 radical (unpaired) electrons. The minimum Gasteiger partial charge on any atom is -0.398 e. The predicted molar refractivity (Wildman–Crippen MR) is 83.2 cm³/mol. The van der Waals surface area contributed by atoms with Crippen molar-refractivity contribution in [2.45, 2.75) is 20.3 Å². The molecule has 0 atom stereocenters. The van der Waals surface area contributed by atoms with E-state index in [0.29, 0.717) is 23.5 Å². The van der Waals surface area contributed by atoms with Crippen LogP contribution in [0.15, 0.2) is 18.2 Å². The molecule has 0 aliphatic rings. The van der Waals surface area contributed by atoms with Gasteiger partial charge in [-0.1, -0.05) is 13.0 Å². The summed E-state index contributed by atoms with van der Waals surface area (Å²) in [5, 5.41) is 2.98. The molecule has 1 heterocycles. The number of nitrogens with one attached hydrogen (secondary N) is 1. The van der Waals surface area contributed by atoms with E-state index in [1.807, 2.05) is 26.0 Å². The first kappa shape index (κ1) is 14.6. The van der Waals surface area contributed by atoms with E-state index in [-0.39, 0.29) is 17.3 Å². The molecule has 0 bridgehead atoms. The first-order valence-electron chi connectivity index (χ1n) is 6.51. The van der Waals surface area contributed by atoms with Crippen LogP contribution in [0.25, 0.3) is 0 Å². The van der Waals surface area contributed by atoms with Crippen molar-refractivity contribution in [1.82, 2.24) is 9.97 Å². The molecule has 1 aromatic carbocycles. The fraction of sp³-hybridized carbons (Fsp3) is 0.214. The smallest absolute Gasteiger partial charge is 0.271 e. The SMILES string of the molecule is CCc1nc(C(N)=O)c(Nc2ccc(C)c(N)c2)nc1N. The molecule has 0 fully saturated rings. The van der Waals surface area contributed by atoms with E-state index in [1.165, 1.54) is 0 Å². The number of anilines is 4. The number of nitrogens with zero attached hydrogens (tertiary/aromatic N) is 2. The van der Waals surface area contributed by atoms with Crippen LogP contribution in [0.3, 0.4) is 0 Å². The van der Waals surface area contributed by atoms with E-state index < -0.39 is 5.91 Å². The molecule has 7 nitrogen and oxygen atoms in total. The lowest BCUT2D eigenvalue weighted by atomic mass is 10.2. The van der Waals surface area contributed by atoms with Crippen molar-refractivity contribution in [3.05, 3.63) is 35.2 Å². The van der Waals surface area contributed by atoms with E-state index >= 15 is 0 Å². The van der Waals surface area contributed by atoms with E-state index in [2.05, 4.69) is 15.3 Å². The summed E-state index contributed by atoms with van der Waals surface area (Å²) in [4.78, 5) is 19.9. The van der Waals surface area contributed by atoms with Crippen LogP contribution in [-0.2, 0) is 6.42 Å². The van der Waals surface area contributed by atoms with Crippen LogP contribution in [-0.4, -0.2) is 15.9 Å². The number of nitrogen functional groups attached to an aromatic ring is 2. The lowest BCUT2D eigenvalue weighted by Gasteiger charge is -2.12. The number of aryl methyl sites for hydroxylation is 2.